The van der Waals surface area contributed by atoms with Crippen LogP contribution in [0.1, 0.15) is 37.6 Å². The van der Waals surface area contributed by atoms with Gasteiger partial charge in [-0.2, -0.15) is 0 Å². The van der Waals surface area contributed by atoms with E-state index in [1.807, 2.05) is 24.3 Å². The second-order valence-electron chi connectivity index (χ2n) is 6.12. The molecule has 1 atom stereocenters. The second kappa shape index (κ2) is 6.50. The molecule has 2 aromatic rings. The summed E-state index contributed by atoms with van der Waals surface area (Å²) in [6.45, 7) is 6.92. The van der Waals surface area contributed by atoms with Gasteiger partial charge in [-0.05, 0) is 40.8 Å². The van der Waals surface area contributed by atoms with E-state index in [4.69, 9.17) is 5.73 Å². The lowest BCUT2D eigenvalue weighted by atomic mass is 9.87. The molecule has 1 aromatic heterocycles. The molecular formula is C17H22N2OS. The number of aromatic nitrogens is 1. The van der Waals surface area contributed by atoms with Crippen molar-refractivity contribution in [3.63, 3.8) is 0 Å². The number of pyridine rings is 1. The zero-order valence-corrected chi connectivity index (χ0v) is 13.6. The molecule has 0 radical (unpaired) electrons. The normalized spacial score (nSPS) is 13.1. The Morgan fingerprint density at radius 3 is 2.38 bits per heavy atom. The Morgan fingerprint density at radius 2 is 1.81 bits per heavy atom. The van der Waals surface area contributed by atoms with Gasteiger partial charge < -0.3 is 5.73 Å². The van der Waals surface area contributed by atoms with Crippen molar-refractivity contribution < 1.29 is 4.21 Å². The van der Waals surface area contributed by atoms with Crippen LogP contribution in [-0.4, -0.2) is 9.19 Å². The van der Waals surface area contributed by atoms with Crippen molar-refractivity contribution in [1.29, 1.82) is 0 Å². The molecule has 1 aromatic carbocycles. The molecule has 4 heteroatoms. The first kappa shape index (κ1) is 15.9. The molecule has 3 nitrogen and oxygen atoms in total. The van der Waals surface area contributed by atoms with E-state index in [1.54, 1.807) is 6.20 Å². The minimum absolute atomic E-state index is 0.112. The molecule has 1 unspecified atom stereocenters. The molecule has 0 saturated carbocycles. The van der Waals surface area contributed by atoms with Gasteiger partial charge in [-0.3, -0.25) is 9.19 Å². The van der Waals surface area contributed by atoms with Crippen molar-refractivity contribution in [3.8, 4) is 0 Å². The zero-order chi connectivity index (χ0) is 15.5. The summed E-state index contributed by atoms with van der Waals surface area (Å²) in [4.78, 5) is 5.01. The van der Waals surface area contributed by atoms with Crippen molar-refractivity contribution in [2.75, 3.05) is 0 Å². The Bertz CT molecular complexity index is 630. The smallest absolute Gasteiger partial charge is 0.0574 e. The van der Waals surface area contributed by atoms with E-state index in [0.29, 0.717) is 12.3 Å². The van der Waals surface area contributed by atoms with Gasteiger partial charge in [0.25, 0.3) is 0 Å². The van der Waals surface area contributed by atoms with Crippen LogP contribution in [0.4, 0.5) is 0 Å². The maximum Gasteiger partial charge on any atom is 0.0574 e. The molecule has 2 rings (SSSR count). The van der Waals surface area contributed by atoms with E-state index in [2.05, 4.69) is 37.9 Å². The summed E-state index contributed by atoms with van der Waals surface area (Å²) in [6, 6.07) is 11.8. The Labute approximate surface area is 129 Å². The lowest BCUT2D eigenvalue weighted by Crippen LogP contribution is -2.10. The number of hydrogen-bond acceptors (Lipinski definition) is 3. The van der Waals surface area contributed by atoms with Crippen molar-refractivity contribution in [2.45, 2.75) is 43.4 Å². The maximum atomic E-state index is 12.4. The summed E-state index contributed by atoms with van der Waals surface area (Å²) in [5.41, 5.74) is 8.77. The van der Waals surface area contributed by atoms with E-state index in [9.17, 15) is 4.21 Å². The number of nitrogens with two attached hydrogens (primary N) is 1. The second-order valence-corrected chi connectivity index (χ2v) is 7.57. The summed E-state index contributed by atoms with van der Waals surface area (Å²) >= 11 is 0. The van der Waals surface area contributed by atoms with Gasteiger partial charge in [0.05, 0.1) is 22.2 Å². The molecular weight excluding hydrogens is 280 g/mol. The van der Waals surface area contributed by atoms with Gasteiger partial charge in [0.1, 0.15) is 0 Å². The minimum atomic E-state index is -1.05. The molecule has 2 N–H and O–H groups in total. The van der Waals surface area contributed by atoms with E-state index < -0.39 is 10.8 Å². The van der Waals surface area contributed by atoms with Crippen molar-refractivity contribution >= 4 is 10.8 Å². The van der Waals surface area contributed by atoms with Gasteiger partial charge in [0.15, 0.2) is 0 Å². The average molecular weight is 302 g/mol. The average Bonchev–Trinajstić information content (AvgIpc) is 2.46. The highest BCUT2D eigenvalue weighted by atomic mass is 32.2. The van der Waals surface area contributed by atoms with Gasteiger partial charge in [0.2, 0.25) is 0 Å². The van der Waals surface area contributed by atoms with Crippen LogP contribution in [0.25, 0.3) is 0 Å². The van der Waals surface area contributed by atoms with Crippen LogP contribution in [0, 0.1) is 0 Å². The van der Waals surface area contributed by atoms with Crippen LogP contribution in [0.5, 0.6) is 0 Å². The molecule has 0 aliphatic heterocycles. The van der Waals surface area contributed by atoms with Crippen LogP contribution < -0.4 is 5.73 Å². The summed E-state index contributed by atoms with van der Waals surface area (Å²) in [5.74, 6) is 0.490. The number of rotatable bonds is 4. The third-order valence-electron chi connectivity index (χ3n) is 3.37. The molecule has 0 saturated heterocycles. The molecule has 112 valence electrons. The van der Waals surface area contributed by atoms with E-state index in [0.717, 1.165) is 16.2 Å². The predicted molar refractivity (Wildman–Crippen MR) is 87.4 cm³/mol. The van der Waals surface area contributed by atoms with Gasteiger partial charge >= 0.3 is 0 Å². The monoisotopic (exact) mass is 302 g/mol. The zero-order valence-electron chi connectivity index (χ0n) is 12.8. The fraction of sp³-hybridized carbons (Fsp3) is 0.353. The SMILES string of the molecule is CC(C)(C)c1ccc(S(=O)Cc2ccnc(CN)c2)cc1. The third-order valence-corrected chi connectivity index (χ3v) is 4.76. The summed E-state index contributed by atoms with van der Waals surface area (Å²) in [7, 11) is -1.05. The topological polar surface area (TPSA) is 56.0 Å². The molecule has 0 bridgehead atoms. The van der Waals surface area contributed by atoms with Crippen LogP contribution in [0.2, 0.25) is 0 Å². The van der Waals surface area contributed by atoms with Crippen molar-refractivity contribution in [3.05, 3.63) is 59.4 Å². The summed E-state index contributed by atoms with van der Waals surface area (Å²) in [5, 5.41) is 0. The Kier molecular flexibility index (Phi) is 4.91. The molecule has 1 heterocycles. The molecule has 0 spiro atoms. The molecule has 0 amide bonds. The quantitative estimate of drug-likeness (QED) is 0.944. The Hall–Kier alpha value is -1.52. The maximum absolute atomic E-state index is 12.4. The fourth-order valence-corrected chi connectivity index (χ4v) is 3.16. The predicted octanol–water partition coefficient (Wildman–Crippen LogP) is 3.15. The lowest BCUT2D eigenvalue weighted by molar-refractivity contribution is 0.589. The van der Waals surface area contributed by atoms with Crippen molar-refractivity contribution in [1.82, 2.24) is 4.98 Å². The van der Waals surface area contributed by atoms with Gasteiger partial charge in [-0.25, -0.2) is 0 Å². The largest absolute Gasteiger partial charge is 0.325 e. The van der Waals surface area contributed by atoms with E-state index >= 15 is 0 Å². The highest BCUT2D eigenvalue weighted by molar-refractivity contribution is 7.84. The van der Waals surface area contributed by atoms with Crippen LogP contribution in [0.15, 0.2) is 47.5 Å². The molecule has 21 heavy (non-hydrogen) atoms. The van der Waals surface area contributed by atoms with Crippen LogP contribution in [0.3, 0.4) is 0 Å². The van der Waals surface area contributed by atoms with Gasteiger partial charge in [0, 0.05) is 17.6 Å². The first-order valence-electron chi connectivity index (χ1n) is 7.03. The summed E-state index contributed by atoms with van der Waals surface area (Å²) in [6.07, 6.45) is 1.72. The number of hydrogen-bond donors (Lipinski definition) is 1. The van der Waals surface area contributed by atoms with Gasteiger partial charge in [-0.1, -0.05) is 32.9 Å². The third kappa shape index (κ3) is 4.22. The van der Waals surface area contributed by atoms with Crippen LogP contribution >= 0.6 is 0 Å². The standard InChI is InChI=1S/C17H22N2OS/c1-17(2,3)14-4-6-16(7-5-14)21(20)12-13-8-9-19-15(10-13)11-18/h4-10H,11-12,18H2,1-3H3. The fourth-order valence-electron chi connectivity index (χ4n) is 2.07. The minimum Gasteiger partial charge on any atom is -0.325 e. The number of benzene rings is 1. The highest BCUT2D eigenvalue weighted by Crippen LogP contribution is 2.23. The Balaban J connectivity index is 2.13. The number of nitrogens with zero attached hydrogens (tertiary/aromatic N) is 1. The first-order chi connectivity index (χ1) is 9.90. The molecule has 0 aliphatic carbocycles. The highest BCUT2D eigenvalue weighted by Gasteiger charge is 2.14. The van der Waals surface area contributed by atoms with E-state index in [1.165, 1.54) is 5.56 Å². The summed E-state index contributed by atoms with van der Waals surface area (Å²) < 4.78 is 12.4. The molecule has 0 aliphatic rings. The lowest BCUT2D eigenvalue weighted by Gasteiger charge is -2.19. The van der Waals surface area contributed by atoms with Gasteiger partial charge in [-0.15, -0.1) is 0 Å². The van der Waals surface area contributed by atoms with E-state index in [-0.39, 0.29) is 5.41 Å². The van der Waals surface area contributed by atoms with Crippen LogP contribution in [-0.2, 0) is 28.5 Å². The first-order valence-corrected chi connectivity index (χ1v) is 8.35. The molecule has 0 fully saturated rings. The Morgan fingerprint density at radius 1 is 1.14 bits per heavy atom. The van der Waals surface area contributed by atoms with Crippen molar-refractivity contribution in [2.24, 2.45) is 5.73 Å².